The van der Waals surface area contributed by atoms with Gasteiger partial charge in [0.15, 0.2) is 12.2 Å². The summed E-state index contributed by atoms with van der Waals surface area (Å²) in [5.74, 6) is 0.954. The van der Waals surface area contributed by atoms with Gasteiger partial charge in [-0.25, -0.2) is 9.13 Å². The molecule has 576 valence electrons. The molecule has 0 amide bonds. The molecule has 0 aliphatic rings. The Bertz CT molecular complexity index is 1900. The van der Waals surface area contributed by atoms with E-state index in [2.05, 4.69) is 55.4 Å². The number of unbranched alkanes of at least 4 members (excludes halogenated alkanes) is 40. The van der Waals surface area contributed by atoms with Gasteiger partial charge in [-0.15, -0.1) is 0 Å². The lowest BCUT2D eigenvalue weighted by Crippen LogP contribution is -2.30. The van der Waals surface area contributed by atoms with Crippen LogP contribution in [0.1, 0.15) is 396 Å². The second kappa shape index (κ2) is 67.2. The van der Waals surface area contributed by atoms with Gasteiger partial charge in [0.1, 0.15) is 19.3 Å². The number of hydrogen-bond donors (Lipinski definition) is 3. The molecule has 0 saturated heterocycles. The van der Waals surface area contributed by atoms with Crippen LogP contribution in [0, 0.1) is 23.7 Å². The zero-order valence-electron chi connectivity index (χ0n) is 63.7. The van der Waals surface area contributed by atoms with E-state index >= 15 is 0 Å². The Kier molecular flexibility index (Phi) is 65.9. The van der Waals surface area contributed by atoms with Gasteiger partial charge in [0.25, 0.3) is 0 Å². The van der Waals surface area contributed by atoms with Crippen LogP contribution in [0.4, 0.5) is 0 Å². The normalized spacial score (nSPS) is 14.4. The number of phosphoric ester groups is 2. The zero-order valence-corrected chi connectivity index (χ0v) is 65.5. The van der Waals surface area contributed by atoms with E-state index in [-0.39, 0.29) is 25.7 Å². The number of carbonyl (C=O) groups is 4. The van der Waals surface area contributed by atoms with Crippen molar-refractivity contribution >= 4 is 39.5 Å². The number of hydrogen-bond acceptors (Lipinski definition) is 15. The third kappa shape index (κ3) is 70.9. The maximum Gasteiger partial charge on any atom is 0.472 e. The highest BCUT2D eigenvalue weighted by molar-refractivity contribution is 7.47. The van der Waals surface area contributed by atoms with E-state index in [9.17, 15) is 43.2 Å². The van der Waals surface area contributed by atoms with Gasteiger partial charge < -0.3 is 33.8 Å². The minimum atomic E-state index is -4.96. The van der Waals surface area contributed by atoms with E-state index in [4.69, 9.17) is 37.0 Å². The molecular weight excluding hydrogens is 1270 g/mol. The van der Waals surface area contributed by atoms with Gasteiger partial charge >= 0.3 is 39.5 Å². The number of aliphatic hydroxyl groups is 1. The van der Waals surface area contributed by atoms with Crippen LogP contribution in [0.25, 0.3) is 0 Å². The van der Waals surface area contributed by atoms with Crippen molar-refractivity contribution in [1.29, 1.82) is 0 Å². The van der Waals surface area contributed by atoms with E-state index in [1.807, 2.05) is 0 Å². The average Bonchev–Trinajstić information content (AvgIpc) is 1.55. The highest BCUT2D eigenvalue weighted by Crippen LogP contribution is 2.45. The molecule has 0 radical (unpaired) electrons. The second-order valence-electron chi connectivity index (χ2n) is 29.8. The van der Waals surface area contributed by atoms with E-state index in [1.165, 1.54) is 199 Å². The summed E-state index contributed by atoms with van der Waals surface area (Å²) in [4.78, 5) is 72.8. The summed E-state index contributed by atoms with van der Waals surface area (Å²) in [6, 6.07) is 0. The molecule has 3 N–H and O–H groups in total. The Morgan fingerprint density at radius 3 is 0.732 bits per heavy atom. The number of ether oxygens (including phenoxy) is 4. The molecule has 19 heteroatoms. The van der Waals surface area contributed by atoms with E-state index in [0.717, 1.165) is 108 Å². The van der Waals surface area contributed by atoms with Gasteiger partial charge in [0, 0.05) is 25.7 Å². The predicted octanol–water partition coefficient (Wildman–Crippen LogP) is 22.8. The van der Waals surface area contributed by atoms with E-state index in [0.29, 0.717) is 31.6 Å². The van der Waals surface area contributed by atoms with Crippen molar-refractivity contribution in [3.8, 4) is 0 Å². The maximum absolute atomic E-state index is 13.1. The number of carbonyl (C=O) groups excluding carboxylic acids is 4. The standard InChI is InChI=1S/C78H152O17P2/c1-9-71(8)57-49-41-33-24-20-16-13-14-17-21-25-34-42-50-58-75(80)88-64-73(94-77(82)60-52-44-36-26-22-18-12-10-11-15-19-23-30-38-46-54-68(2)3)66-92-96(84,85)90-62-72(79)63-91-97(86,87)93-67-74(95-78(83)61-53-45-37-29-32-40-48-56-70(6)7)65-89-76(81)59-51-43-35-28-27-31-39-47-55-69(4)5/h68-74,79H,9-67H2,1-8H3,(H,84,85)(H,86,87)/t71?,72?,73-,74-/m1/s1. The molecule has 0 saturated carbocycles. The Morgan fingerprint density at radius 2 is 0.495 bits per heavy atom. The van der Waals surface area contributed by atoms with Crippen LogP contribution in [-0.4, -0.2) is 96.7 Å². The summed E-state index contributed by atoms with van der Waals surface area (Å²) >= 11 is 0. The lowest BCUT2D eigenvalue weighted by atomic mass is 9.99. The monoisotopic (exact) mass is 1420 g/mol. The summed E-state index contributed by atoms with van der Waals surface area (Å²) in [7, 11) is -9.92. The van der Waals surface area contributed by atoms with Gasteiger partial charge in [0.05, 0.1) is 26.4 Å². The Morgan fingerprint density at radius 1 is 0.289 bits per heavy atom. The molecule has 0 rings (SSSR count). The lowest BCUT2D eigenvalue weighted by molar-refractivity contribution is -0.161. The van der Waals surface area contributed by atoms with Crippen molar-refractivity contribution < 1.29 is 80.2 Å². The van der Waals surface area contributed by atoms with Gasteiger partial charge in [-0.3, -0.25) is 37.3 Å². The molecule has 6 atom stereocenters. The van der Waals surface area contributed by atoms with Crippen molar-refractivity contribution in [2.24, 2.45) is 23.7 Å². The fourth-order valence-electron chi connectivity index (χ4n) is 11.9. The summed E-state index contributed by atoms with van der Waals surface area (Å²) in [5.41, 5.74) is 0. The smallest absolute Gasteiger partial charge is 0.462 e. The summed E-state index contributed by atoms with van der Waals surface area (Å²) < 4.78 is 68.6. The molecule has 4 unspecified atom stereocenters. The zero-order chi connectivity index (χ0) is 71.7. The van der Waals surface area contributed by atoms with Gasteiger partial charge in [-0.2, -0.15) is 0 Å². The van der Waals surface area contributed by atoms with Crippen LogP contribution >= 0.6 is 15.6 Å². The van der Waals surface area contributed by atoms with Crippen LogP contribution in [-0.2, 0) is 65.4 Å². The second-order valence-corrected chi connectivity index (χ2v) is 32.7. The molecule has 0 bridgehead atoms. The third-order valence-electron chi connectivity index (χ3n) is 18.4. The molecule has 0 aliphatic carbocycles. The first-order valence-corrected chi connectivity index (χ1v) is 43.2. The first kappa shape index (κ1) is 95.1. The maximum atomic E-state index is 13.1. The van der Waals surface area contributed by atoms with Crippen molar-refractivity contribution in [3.05, 3.63) is 0 Å². The van der Waals surface area contributed by atoms with Crippen LogP contribution in [0.15, 0.2) is 0 Å². The minimum Gasteiger partial charge on any atom is -0.462 e. The largest absolute Gasteiger partial charge is 0.472 e. The highest BCUT2D eigenvalue weighted by Gasteiger charge is 2.30. The van der Waals surface area contributed by atoms with Gasteiger partial charge in [-0.05, 0) is 49.4 Å². The van der Waals surface area contributed by atoms with Crippen LogP contribution in [0.5, 0.6) is 0 Å². The fourth-order valence-corrected chi connectivity index (χ4v) is 13.5. The molecular formula is C78H152O17P2. The lowest BCUT2D eigenvalue weighted by Gasteiger charge is -2.21. The first-order valence-electron chi connectivity index (χ1n) is 40.2. The van der Waals surface area contributed by atoms with E-state index < -0.39 is 97.5 Å². The number of phosphoric acid groups is 2. The topological polar surface area (TPSA) is 237 Å². The first-order chi connectivity index (χ1) is 46.6. The molecule has 0 fully saturated rings. The predicted molar refractivity (Wildman–Crippen MR) is 395 cm³/mol. The van der Waals surface area contributed by atoms with Crippen molar-refractivity contribution in [3.63, 3.8) is 0 Å². The average molecular weight is 1420 g/mol. The number of esters is 4. The van der Waals surface area contributed by atoms with Crippen LogP contribution in [0.2, 0.25) is 0 Å². The Labute approximate surface area is 594 Å². The van der Waals surface area contributed by atoms with E-state index in [1.54, 1.807) is 0 Å². The summed E-state index contributed by atoms with van der Waals surface area (Å²) in [6.45, 7) is 14.2. The van der Waals surface area contributed by atoms with Gasteiger partial charge in [-0.1, -0.05) is 344 Å². The molecule has 0 aromatic carbocycles. The van der Waals surface area contributed by atoms with Crippen molar-refractivity contribution in [1.82, 2.24) is 0 Å². The Hall–Kier alpha value is -1.94. The molecule has 17 nitrogen and oxygen atoms in total. The summed E-state index contributed by atoms with van der Waals surface area (Å²) in [5, 5.41) is 10.6. The molecule has 0 heterocycles. The number of rotatable bonds is 75. The SMILES string of the molecule is CCC(C)CCCCCCCCCCCCCCCCC(=O)OC[C@H](COP(=O)(O)OCC(O)COP(=O)(O)OC[C@@H](COC(=O)CCCCCCCCCCC(C)C)OC(=O)CCCCCCCCCC(C)C)OC(=O)CCCCCCCCCCCCCCCCCC(C)C. The fraction of sp³-hybridized carbons (Fsp3) is 0.949. The molecule has 0 spiro atoms. The summed E-state index contributed by atoms with van der Waals surface area (Å²) in [6.07, 6.45) is 52.8. The molecule has 0 aliphatic heterocycles. The molecule has 0 aromatic rings. The van der Waals surface area contributed by atoms with Crippen LogP contribution < -0.4 is 0 Å². The quantitative estimate of drug-likeness (QED) is 0.0222. The third-order valence-corrected chi connectivity index (χ3v) is 20.3. The van der Waals surface area contributed by atoms with Crippen molar-refractivity contribution in [2.75, 3.05) is 39.6 Å². The molecule has 0 aromatic heterocycles. The van der Waals surface area contributed by atoms with Gasteiger partial charge in [0.2, 0.25) is 0 Å². The Balaban J connectivity index is 5.23. The molecule has 97 heavy (non-hydrogen) atoms. The number of aliphatic hydroxyl groups excluding tert-OH is 1. The van der Waals surface area contributed by atoms with Crippen molar-refractivity contribution in [2.45, 2.75) is 414 Å². The minimum absolute atomic E-state index is 0.103. The highest BCUT2D eigenvalue weighted by atomic mass is 31.2. The van der Waals surface area contributed by atoms with Crippen LogP contribution in [0.3, 0.4) is 0 Å².